The molecule has 0 spiro atoms. The van der Waals surface area contributed by atoms with E-state index in [1.165, 1.54) is 0 Å². The average Bonchev–Trinajstić information content (AvgIpc) is 2.40. The van der Waals surface area contributed by atoms with Crippen LogP contribution in [0.1, 0.15) is 35.7 Å². The number of nitrogens with zero attached hydrogens (tertiary/aromatic N) is 1. The molecule has 1 amide bonds. The van der Waals surface area contributed by atoms with Crippen LogP contribution in [0.5, 0.6) is 0 Å². The van der Waals surface area contributed by atoms with Crippen molar-refractivity contribution in [3.05, 3.63) is 35.4 Å². The minimum absolute atomic E-state index is 0.0271. The Bertz CT molecular complexity index is 491. The highest BCUT2D eigenvalue weighted by atomic mass is 16.1. The molecule has 0 atom stereocenters. The molecule has 108 valence electrons. The van der Waals surface area contributed by atoms with E-state index in [0.717, 1.165) is 37.1 Å². The van der Waals surface area contributed by atoms with E-state index in [1.54, 1.807) is 6.92 Å². The van der Waals surface area contributed by atoms with E-state index in [1.807, 2.05) is 31.2 Å². The molecule has 1 aromatic rings. The Balaban J connectivity index is 1.83. The minimum atomic E-state index is 0.0271. The summed E-state index contributed by atoms with van der Waals surface area (Å²) >= 11 is 0. The summed E-state index contributed by atoms with van der Waals surface area (Å²) in [6.07, 6.45) is 1.83. The van der Waals surface area contributed by atoms with Gasteiger partial charge in [0, 0.05) is 31.6 Å². The highest BCUT2D eigenvalue weighted by Gasteiger charge is 2.21. The van der Waals surface area contributed by atoms with E-state index < -0.39 is 0 Å². The third-order valence-corrected chi connectivity index (χ3v) is 3.70. The predicted molar refractivity (Wildman–Crippen MR) is 78.8 cm³/mol. The van der Waals surface area contributed by atoms with Crippen molar-refractivity contribution in [1.29, 1.82) is 0 Å². The number of likely N-dealkylation sites (tertiary alicyclic amines) is 1. The van der Waals surface area contributed by atoms with Crippen molar-refractivity contribution in [2.24, 2.45) is 0 Å². The van der Waals surface area contributed by atoms with Gasteiger partial charge in [-0.05, 0) is 25.8 Å². The zero-order chi connectivity index (χ0) is 14.5. The van der Waals surface area contributed by atoms with Crippen LogP contribution in [0.3, 0.4) is 0 Å². The van der Waals surface area contributed by atoms with Gasteiger partial charge in [0.1, 0.15) is 0 Å². The molecule has 0 saturated carbocycles. The van der Waals surface area contributed by atoms with E-state index in [0.29, 0.717) is 6.54 Å². The lowest BCUT2D eigenvalue weighted by Crippen LogP contribution is -2.45. The highest BCUT2D eigenvalue weighted by molar-refractivity contribution is 5.97. The number of aryl methyl sites for hydroxylation is 1. The number of carbonyl (C=O) groups is 2. The molecular formula is C16H22N2O2. The minimum Gasteiger partial charge on any atom is -0.354 e. The van der Waals surface area contributed by atoms with E-state index in [9.17, 15) is 9.59 Å². The lowest BCUT2D eigenvalue weighted by atomic mass is 10.0. The molecule has 0 unspecified atom stereocenters. The number of amides is 1. The van der Waals surface area contributed by atoms with Crippen LogP contribution in [-0.2, 0) is 4.79 Å². The zero-order valence-electron chi connectivity index (χ0n) is 12.2. The maximum absolute atomic E-state index is 12.2. The van der Waals surface area contributed by atoms with Crippen LogP contribution in [0.25, 0.3) is 0 Å². The Hall–Kier alpha value is -1.68. The molecule has 20 heavy (non-hydrogen) atoms. The maximum atomic E-state index is 12.2. The number of rotatable bonds is 4. The first kappa shape index (κ1) is 14.7. The van der Waals surface area contributed by atoms with Crippen molar-refractivity contribution in [2.75, 3.05) is 19.6 Å². The van der Waals surface area contributed by atoms with Gasteiger partial charge in [-0.25, -0.2) is 0 Å². The standard InChI is InChI=1S/C16H22N2O2/c1-12-4-3-5-14(10-12)16(20)11-18-8-6-15(7-9-18)17-13(2)19/h3-5,10,15H,6-9,11H2,1-2H3,(H,17,19). The van der Waals surface area contributed by atoms with Crippen LogP contribution in [0.4, 0.5) is 0 Å². The number of piperidine rings is 1. The maximum Gasteiger partial charge on any atom is 0.217 e. The molecule has 1 fully saturated rings. The van der Waals surface area contributed by atoms with Gasteiger partial charge < -0.3 is 5.32 Å². The van der Waals surface area contributed by atoms with E-state index >= 15 is 0 Å². The van der Waals surface area contributed by atoms with Crippen molar-refractivity contribution in [3.63, 3.8) is 0 Å². The molecule has 1 aliphatic heterocycles. The SMILES string of the molecule is CC(=O)NC1CCN(CC(=O)c2cccc(C)c2)CC1. The van der Waals surface area contributed by atoms with Crippen molar-refractivity contribution >= 4 is 11.7 Å². The van der Waals surface area contributed by atoms with Gasteiger partial charge >= 0.3 is 0 Å². The first-order chi connectivity index (χ1) is 9.54. The predicted octanol–water partition coefficient (Wildman–Crippen LogP) is 1.78. The lowest BCUT2D eigenvalue weighted by molar-refractivity contribution is -0.119. The van der Waals surface area contributed by atoms with Gasteiger partial charge in [0.25, 0.3) is 0 Å². The number of Topliss-reactive ketones (excluding diaryl/α,β-unsaturated/α-hetero) is 1. The van der Waals surface area contributed by atoms with E-state index in [-0.39, 0.29) is 17.7 Å². The molecule has 4 nitrogen and oxygen atoms in total. The molecule has 0 aliphatic carbocycles. The van der Waals surface area contributed by atoms with Gasteiger partial charge in [0.05, 0.1) is 6.54 Å². The number of nitrogens with one attached hydrogen (secondary N) is 1. The summed E-state index contributed by atoms with van der Waals surface area (Å²) < 4.78 is 0. The van der Waals surface area contributed by atoms with Crippen LogP contribution in [0, 0.1) is 6.92 Å². The Kier molecular flexibility index (Phi) is 4.90. The topological polar surface area (TPSA) is 49.4 Å². The van der Waals surface area contributed by atoms with Gasteiger partial charge in [-0.2, -0.15) is 0 Å². The fourth-order valence-electron chi connectivity index (χ4n) is 2.64. The van der Waals surface area contributed by atoms with E-state index in [4.69, 9.17) is 0 Å². The summed E-state index contributed by atoms with van der Waals surface area (Å²) in [4.78, 5) is 25.4. The summed E-state index contributed by atoms with van der Waals surface area (Å²) in [6.45, 7) is 5.74. The lowest BCUT2D eigenvalue weighted by Gasteiger charge is -2.31. The second-order valence-corrected chi connectivity index (χ2v) is 5.54. The molecule has 0 aromatic heterocycles. The Morgan fingerprint density at radius 1 is 1.30 bits per heavy atom. The summed E-state index contributed by atoms with van der Waals surface area (Å²) in [5.41, 5.74) is 1.90. The molecule has 1 aromatic carbocycles. The molecule has 1 saturated heterocycles. The van der Waals surface area contributed by atoms with Gasteiger partial charge in [0.2, 0.25) is 5.91 Å². The summed E-state index contributed by atoms with van der Waals surface area (Å²) in [6, 6.07) is 7.99. The van der Waals surface area contributed by atoms with Crippen molar-refractivity contribution in [1.82, 2.24) is 10.2 Å². The van der Waals surface area contributed by atoms with Gasteiger partial charge in [-0.3, -0.25) is 14.5 Å². The van der Waals surface area contributed by atoms with Crippen LogP contribution >= 0.6 is 0 Å². The highest BCUT2D eigenvalue weighted by Crippen LogP contribution is 2.12. The van der Waals surface area contributed by atoms with Crippen molar-refractivity contribution in [3.8, 4) is 0 Å². The number of carbonyl (C=O) groups excluding carboxylic acids is 2. The first-order valence-electron chi connectivity index (χ1n) is 7.14. The normalized spacial score (nSPS) is 16.9. The molecular weight excluding hydrogens is 252 g/mol. The van der Waals surface area contributed by atoms with E-state index in [2.05, 4.69) is 10.2 Å². The van der Waals surface area contributed by atoms with Gasteiger partial charge in [-0.15, -0.1) is 0 Å². The number of benzene rings is 1. The van der Waals surface area contributed by atoms with Gasteiger partial charge in [-0.1, -0.05) is 23.8 Å². The number of hydrogen-bond acceptors (Lipinski definition) is 3. The second-order valence-electron chi connectivity index (χ2n) is 5.54. The molecule has 2 rings (SSSR count). The smallest absolute Gasteiger partial charge is 0.217 e. The summed E-state index contributed by atoms with van der Waals surface area (Å²) in [5, 5.41) is 2.94. The van der Waals surface area contributed by atoms with Crippen LogP contribution in [0.2, 0.25) is 0 Å². The van der Waals surface area contributed by atoms with Crippen molar-refractivity contribution < 1.29 is 9.59 Å². The molecule has 0 radical (unpaired) electrons. The summed E-state index contributed by atoms with van der Waals surface area (Å²) in [5.74, 6) is 0.200. The molecule has 1 heterocycles. The van der Waals surface area contributed by atoms with Crippen LogP contribution in [0.15, 0.2) is 24.3 Å². The summed E-state index contributed by atoms with van der Waals surface area (Å²) in [7, 11) is 0. The Morgan fingerprint density at radius 2 is 2.00 bits per heavy atom. The number of hydrogen-bond donors (Lipinski definition) is 1. The fourth-order valence-corrected chi connectivity index (χ4v) is 2.64. The Morgan fingerprint density at radius 3 is 2.60 bits per heavy atom. The molecule has 1 N–H and O–H groups in total. The number of ketones is 1. The quantitative estimate of drug-likeness (QED) is 0.851. The second kappa shape index (κ2) is 6.66. The third kappa shape index (κ3) is 4.17. The molecule has 0 bridgehead atoms. The van der Waals surface area contributed by atoms with Crippen molar-refractivity contribution in [2.45, 2.75) is 32.7 Å². The first-order valence-corrected chi connectivity index (χ1v) is 7.14. The largest absolute Gasteiger partial charge is 0.354 e. The molecule has 4 heteroatoms. The third-order valence-electron chi connectivity index (χ3n) is 3.70. The Labute approximate surface area is 120 Å². The van der Waals surface area contributed by atoms with Gasteiger partial charge in [0.15, 0.2) is 5.78 Å². The van der Waals surface area contributed by atoms with Crippen LogP contribution < -0.4 is 5.32 Å². The zero-order valence-corrected chi connectivity index (χ0v) is 12.2. The average molecular weight is 274 g/mol. The monoisotopic (exact) mass is 274 g/mol. The molecule has 1 aliphatic rings. The fraction of sp³-hybridized carbons (Fsp3) is 0.500. The van der Waals surface area contributed by atoms with Crippen LogP contribution in [-0.4, -0.2) is 42.3 Å².